The van der Waals surface area contributed by atoms with Gasteiger partial charge in [-0.15, -0.1) is 11.3 Å². The monoisotopic (exact) mass is 303 g/mol. The van der Waals surface area contributed by atoms with E-state index < -0.39 is 0 Å². The van der Waals surface area contributed by atoms with Gasteiger partial charge in [0, 0.05) is 23.3 Å². The molecule has 0 spiro atoms. The highest BCUT2D eigenvalue weighted by Crippen LogP contribution is 2.19. The Labute approximate surface area is 129 Å². The van der Waals surface area contributed by atoms with Gasteiger partial charge in [-0.05, 0) is 44.0 Å². The lowest BCUT2D eigenvalue weighted by atomic mass is 10.1. The van der Waals surface area contributed by atoms with Gasteiger partial charge in [-0.25, -0.2) is 0 Å². The molecule has 2 atom stereocenters. The van der Waals surface area contributed by atoms with E-state index in [4.69, 9.17) is 0 Å². The quantitative estimate of drug-likeness (QED) is 0.892. The van der Waals surface area contributed by atoms with Gasteiger partial charge in [-0.1, -0.05) is 12.1 Å². The first kappa shape index (κ1) is 15.7. The Kier molecular flexibility index (Phi) is 5.47. The van der Waals surface area contributed by atoms with Gasteiger partial charge in [0.05, 0.1) is 12.6 Å². The lowest BCUT2D eigenvalue weighted by Crippen LogP contribution is -2.37. The Balaban J connectivity index is 1.87. The molecule has 112 valence electrons. The molecule has 0 aromatic carbocycles. The molecule has 0 saturated carbocycles. The third-order valence-corrected chi connectivity index (χ3v) is 4.62. The fourth-order valence-corrected chi connectivity index (χ4v) is 2.87. The molecule has 2 unspecified atom stereocenters. The van der Waals surface area contributed by atoms with E-state index in [1.807, 2.05) is 54.7 Å². The van der Waals surface area contributed by atoms with Crippen LogP contribution in [0.1, 0.15) is 36.4 Å². The van der Waals surface area contributed by atoms with Gasteiger partial charge in [0.1, 0.15) is 0 Å². The highest BCUT2D eigenvalue weighted by atomic mass is 32.1. The maximum absolute atomic E-state index is 12.1. The summed E-state index contributed by atoms with van der Waals surface area (Å²) in [6, 6.07) is 8.19. The van der Waals surface area contributed by atoms with Gasteiger partial charge in [0.25, 0.3) is 0 Å². The van der Waals surface area contributed by atoms with E-state index in [0.29, 0.717) is 6.54 Å². The van der Waals surface area contributed by atoms with E-state index in [1.165, 1.54) is 4.88 Å². The number of pyridine rings is 1. The first-order valence-corrected chi connectivity index (χ1v) is 7.89. The molecule has 0 aliphatic carbocycles. The zero-order valence-electron chi connectivity index (χ0n) is 12.6. The average molecular weight is 303 g/mol. The van der Waals surface area contributed by atoms with E-state index in [-0.39, 0.29) is 18.0 Å². The average Bonchev–Trinajstić information content (AvgIpc) is 3.01. The molecular formula is C16H21N3OS. The molecule has 2 heterocycles. The van der Waals surface area contributed by atoms with E-state index in [2.05, 4.69) is 17.2 Å². The van der Waals surface area contributed by atoms with E-state index in [0.717, 1.165) is 5.56 Å². The minimum absolute atomic E-state index is 0.0362. The van der Waals surface area contributed by atoms with Crippen LogP contribution in [0.4, 0.5) is 0 Å². The first-order chi connectivity index (χ1) is 10.1. The van der Waals surface area contributed by atoms with Crippen molar-refractivity contribution in [3.05, 3.63) is 52.5 Å². The van der Waals surface area contributed by atoms with Crippen molar-refractivity contribution >= 4 is 17.2 Å². The molecule has 0 bridgehead atoms. The number of rotatable bonds is 6. The molecule has 0 saturated heterocycles. The zero-order valence-corrected chi connectivity index (χ0v) is 13.4. The highest BCUT2D eigenvalue weighted by Gasteiger charge is 2.16. The first-order valence-electron chi connectivity index (χ1n) is 7.01. The van der Waals surface area contributed by atoms with E-state index in [1.54, 1.807) is 17.5 Å². The van der Waals surface area contributed by atoms with Crippen LogP contribution >= 0.6 is 11.3 Å². The van der Waals surface area contributed by atoms with Gasteiger partial charge < -0.3 is 5.32 Å². The minimum atomic E-state index is 0.0362. The SMILES string of the molecule is CC(NC(=O)CN(C)C(C)c1cccnc1)c1cccs1. The van der Waals surface area contributed by atoms with Crippen LogP contribution in [0.5, 0.6) is 0 Å². The number of hydrogen-bond donors (Lipinski definition) is 1. The van der Waals surface area contributed by atoms with Crippen molar-refractivity contribution in [2.24, 2.45) is 0 Å². The van der Waals surface area contributed by atoms with Crippen molar-refractivity contribution in [2.75, 3.05) is 13.6 Å². The number of nitrogens with zero attached hydrogens (tertiary/aromatic N) is 2. The van der Waals surface area contributed by atoms with Crippen LogP contribution < -0.4 is 5.32 Å². The lowest BCUT2D eigenvalue weighted by molar-refractivity contribution is -0.123. The summed E-state index contributed by atoms with van der Waals surface area (Å²) in [5.74, 6) is 0.0362. The van der Waals surface area contributed by atoms with Crippen molar-refractivity contribution in [2.45, 2.75) is 25.9 Å². The number of carbonyl (C=O) groups excluding carboxylic acids is 1. The van der Waals surface area contributed by atoms with Crippen molar-refractivity contribution in [1.29, 1.82) is 0 Å². The number of amides is 1. The second-order valence-electron chi connectivity index (χ2n) is 5.18. The van der Waals surface area contributed by atoms with Crippen LogP contribution in [0.15, 0.2) is 42.0 Å². The van der Waals surface area contributed by atoms with E-state index in [9.17, 15) is 4.79 Å². The highest BCUT2D eigenvalue weighted by molar-refractivity contribution is 7.10. The normalized spacial score (nSPS) is 13.9. The summed E-state index contributed by atoms with van der Waals surface area (Å²) in [4.78, 5) is 19.4. The number of carbonyl (C=O) groups is 1. The molecule has 1 amide bonds. The third kappa shape index (κ3) is 4.37. The maximum Gasteiger partial charge on any atom is 0.234 e. The zero-order chi connectivity index (χ0) is 15.2. The Morgan fingerprint density at radius 2 is 2.19 bits per heavy atom. The standard InChI is InChI=1S/C16H21N3OS/c1-12(15-7-5-9-21-15)18-16(20)11-19(3)13(2)14-6-4-8-17-10-14/h4-10,12-13H,11H2,1-3H3,(H,18,20). The molecule has 0 aliphatic rings. The molecule has 0 fully saturated rings. The molecule has 2 aromatic rings. The minimum Gasteiger partial charge on any atom is -0.348 e. The summed E-state index contributed by atoms with van der Waals surface area (Å²) in [5.41, 5.74) is 1.11. The van der Waals surface area contributed by atoms with E-state index >= 15 is 0 Å². The summed E-state index contributed by atoms with van der Waals surface area (Å²) in [6.45, 7) is 4.45. The molecule has 1 N–H and O–H groups in total. The largest absolute Gasteiger partial charge is 0.348 e. The van der Waals surface area contributed by atoms with Crippen LogP contribution in [0.25, 0.3) is 0 Å². The fourth-order valence-electron chi connectivity index (χ4n) is 2.14. The Morgan fingerprint density at radius 1 is 1.38 bits per heavy atom. The van der Waals surface area contributed by atoms with Crippen LogP contribution in [-0.2, 0) is 4.79 Å². The van der Waals surface area contributed by atoms with Gasteiger partial charge in [0.2, 0.25) is 5.91 Å². The van der Waals surface area contributed by atoms with Crippen molar-refractivity contribution < 1.29 is 4.79 Å². The van der Waals surface area contributed by atoms with Gasteiger partial charge >= 0.3 is 0 Å². The van der Waals surface area contributed by atoms with Crippen LogP contribution in [0, 0.1) is 0 Å². The summed E-state index contributed by atoms with van der Waals surface area (Å²) >= 11 is 1.66. The molecular weight excluding hydrogens is 282 g/mol. The Morgan fingerprint density at radius 3 is 2.81 bits per heavy atom. The number of aromatic nitrogens is 1. The van der Waals surface area contributed by atoms with Crippen molar-refractivity contribution in [1.82, 2.24) is 15.2 Å². The second kappa shape index (κ2) is 7.33. The molecule has 2 rings (SSSR count). The molecule has 4 nitrogen and oxygen atoms in total. The lowest BCUT2D eigenvalue weighted by Gasteiger charge is -2.25. The molecule has 0 aliphatic heterocycles. The summed E-state index contributed by atoms with van der Waals surface area (Å²) in [7, 11) is 1.95. The maximum atomic E-state index is 12.1. The fraction of sp³-hybridized carbons (Fsp3) is 0.375. The third-order valence-electron chi connectivity index (χ3n) is 3.57. The number of thiophene rings is 1. The predicted octanol–water partition coefficient (Wildman–Crippen LogP) is 3.01. The van der Waals surface area contributed by atoms with Crippen LogP contribution in [0.3, 0.4) is 0 Å². The number of hydrogen-bond acceptors (Lipinski definition) is 4. The predicted molar refractivity (Wildman–Crippen MR) is 86.2 cm³/mol. The summed E-state index contributed by atoms with van der Waals surface area (Å²) < 4.78 is 0. The van der Waals surface area contributed by atoms with Gasteiger partial charge in [0.15, 0.2) is 0 Å². The van der Waals surface area contributed by atoms with Crippen LogP contribution in [0.2, 0.25) is 0 Å². The van der Waals surface area contributed by atoms with Crippen molar-refractivity contribution in [3.63, 3.8) is 0 Å². The van der Waals surface area contributed by atoms with Crippen molar-refractivity contribution in [3.8, 4) is 0 Å². The second-order valence-corrected chi connectivity index (χ2v) is 6.16. The Bertz CT molecular complexity index is 556. The molecule has 2 aromatic heterocycles. The molecule has 21 heavy (non-hydrogen) atoms. The topological polar surface area (TPSA) is 45.2 Å². The Hall–Kier alpha value is -1.72. The molecule has 5 heteroatoms. The molecule has 0 radical (unpaired) electrons. The van der Waals surface area contributed by atoms with Gasteiger partial charge in [-0.2, -0.15) is 0 Å². The smallest absolute Gasteiger partial charge is 0.234 e. The van der Waals surface area contributed by atoms with Gasteiger partial charge in [-0.3, -0.25) is 14.7 Å². The summed E-state index contributed by atoms with van der Waals surface area (Å²) in [5, 5.41) is 5.06. The number of likely N-dealkylation sites (N-methyl/N-ethyl adjacent to an activating group) is 1. The number of nitrogens with one attached hydrogen (secondary N) is 1. The summed E-state index contributed by atoms with van der Waals surface area (Å²) in [6.07, 6.45) is 3.60. The van der Waals surface area contributed by atoms with Crippen LogP contribution in [-0.4, -0.2) is 29.4 Å².